The van der Waals surface area contributed by atoms with Gasteiger partial charge in [0.05, 0.1) is 18.9 Å². The highest BCUT2D eigenvalue weighted by molar-refractivity contribution is 6.74. The minimum Gasteiger partial charge on any atom is -0.414 e. The summed E-state index contributed by atoms with van der Waals surface area (Å²) in [6.07, 6.45) is -1.63. The molecule has 0 radical (unpaired) electrons. The van der Waals surface area contributed by atoms with Crippen molar-refractivity contribution in [2.75, 3.05) is 6.61 Å². The second-order valence-electron chi connectivity index (χ2n) is 9.93. The van der Waals surface area contributed by atoms with Gasteiger partial charge in [-0.25, -0.2) is 9.36 Å². The first kappa shape index (κ1) is 20.9. The second-order valence-corrected chi connectivity index (χ2v) is 14.7. The third-order valence-electron chi connectivity index (χ3n) is 6.35. The van der Waals surface area contributed by atoms with E-state index in [1.54, 1.807) is 0 Å². The molecule has 1 aromatic rings. The van der Waals surface area contributed by atoms with E-state index in [1.807, 2.05) is 13.8 Å². The lowest BCUT2D eigenvalue weighted by Gasteiger charge is -2.37. The van der Waals surface area contributed by atoms with E-state index in [4.69, 9.17) is 23.4 Å². The quantitative estimate of drug-likeness (QED) is 0.733. The number of nitrogens with one attached hydrogen (secondary N) is 1. The Morgan fingerprint density at radius 2 is 1.93 bits per heavy atom. The zero-order valence-corrected chi connectivity index (χ0v) is 19.0. The molecule has 4 heterocycles. The summed E-state index contributed by atoms with van der Waals surface area (Å²) in [4.78, 5) is 26.6. The van der Waals surface area contributed by atoms with Crippen LogP contribution in [0.1, 0.15) is 40.3 Å². The summed E-state index contributed by atoms with van der Waals surface area (Å²) in [6.45, 7) is 14.9. The van der Waals surface area contributed by atoms with Crippen LogP contribution in [0.5, 0.6) is 0 Å². The Labute approximate surface area is 170 Å². The average molecular weight is 427 g/mol. The summed E-state index contributed by atoms with van der Waals surface area (Å²) >= 11 is 0. The molecule has 1 spiro atoms. The summed E-state index contributed by atoms with van der Waals surface area (Å²) < 4.78 is 32.2. The number of H-pyrrole nitrogens is 1. The third kappa shape index (κ3) is 3.26. The Morgan fingerprint density at radius 3 is 2.59 bits per heavy atom. The van der Waals surface area contributed by atoms with Crippen LogP contribution in [0, 0.1) is 0 Å². The van der Waals surface area contributed by atoms with Crippen LogP contribution >= 0.6 is 0 Å². The van der Waals surface area contributed by atoms with Gasteiger partial charge in [0.25, 0.3) is 11.5 Å². The first-order valence-corrected chi connectivity index (χ1v) is 12.8. The maximum atomic E-state index is 12.6. The van der Waals surface area contributed by atoms with Crippen molar-refractivity contribution < 1.29 is 23.4 Å². The van der Waals surface area contributed by atoms with Crippen molar-refractivity contribution in [1.29, 1.82) is 0 Å². The number of ether oxygens (including phenoxy) is 4. The lowest BCUT2D eigenvalue weighted by Crippen LogP contribution is -2.50. The first-order chi connectivity index (χ1) is 13.3. The molecule has 4 atom stereocenters. The molecule has 1 aromatic heterocycles. The lowest BCUT2D eigenvalue weighted by molar-refractivity contribution is -0.328. The Hall–Kier alpha value is -1.30. The zero-order valence-electron chi connectivity index (χ0n) is 18.0. The smallest absolute Gasteiger partial charge is 0.332 e. The third-order valence-corrected chi connectivity index (χ3v) is 10.8. The fourth-order valence-corrected chi connectivity index (χ4v) is 4.87. The van der Waals surface area contributed by atoms with Gasteiger partial charge in [0.1, 0.15) is 12.2 Å². The van der Waals surface area contributed by atoms with Crippen LogP contribution in [0.2, 0.25) is 18.1 Å². The van der Waals surface area contributed by atoms with Gasteiger partial charge in [-0.3, -0.25) is 9.78 Å². The van der Waals surface area contributed by atoms with Crippen LogP contribution in [0.15, 0.2) is 15.7 Å². The average Bonchev–Trinajstić information content (AvgIpc) is 3.16. The van der Waals surface area contributed by atoms with Crippen LogP contribution in [-0.4, -0.2) is 48.6 Å². The van der Waals surface area contributed by atoms with E-state index in [-0.39, 0.29) is 11.6 Å². The molecule has 0 unspecified atom stereocenters. The predicted octanol–water partition coefficient (Wildman–Crippen LogP) is 1.62. The van der Waals surface area contributed by atoms with Gasteiger partial charge in [-0.1, -0.05) is 20.8 Å². The van der Waals surface area contributed by atoms with E-state index in [0.717, 1.165) is 0 Å². The van der Waals surface area contributed by atoms with Gasteiger partial charge in [0, 0.05) is 6.07 Å². The van der Waals surface area contributed by atoms with Crippen molar-refractivity contribution in [2.45, 2.75) is 89.4 Å². The number of hydrogen-bond acceptors (Lipinski definition) is 7. The van der Waals surface area contributed by atoms with E-state index >= 15 is 0 Å². The van der Waals surface area contributed by atoms with Crippen molar-refractivity contribution in [3.63, 3.8) is 0 Å². The molecule has 4 rings (SSSR count). The summed E-state index contributed by atoms with van der Waals surface area (Å²) in [5.74, 6) is -2.35. The number of nitrogens with zero attached hydrogens (tertiary/aromatic N) is 1. The SMILES string of the molecule is CC1(C)O[C@H]2[C@@H](O1)[C@]1(OCc3cc(=O)[nH]c(=O)n31)O[C@@H]2CO[Si](C)(C)C(C)(C)C. The van der Waals surface area contributed by atoms with Crippen LogP contribution in [0.4, 0.5) is 0 Å². The Balaban J connectivity index is 1.69. The van der Waals surface area contributed by atoms with Crippen molar-refractivity contribution in [2.24, 2.45) is 0 Å². The maximum Gasteiger partial charge on any atom is 0.332 e. The second kappa shape index (κ2) is 6.35. The molecule has 0 amide bonds. The van der Waals surface area contributed by atoms with Gasteiger partial charge in [0.15, 0.2) is 20.2 Å². The number of hydrogen-bond donors (Lipinski definition) is 1. The topological polar surface area (TPSA) is 101 Å². The normalized spacial score (nSPS) is 33.3. The van der Waals surface area contributed by atoms with Gasteiger partial charge in [-0.2, -0.15) is 0 Å². The van der Waals surface area contributed by atoms with Crippen molar-refractivity contribution in [3.8, 4) is 0 Å². The van der Waals surface area contributed by atoms with Crippen LogP contribution < -0.4 is 11.2 Å². The Kier molecular flexibility index (Phi) is 4.59. The van der Waals surface area contributed by atoms with Crippen molar-refractivity contribution in [3.05, 3.63) is 32.6 Å². The molecule has 3 aliphatic rings. The first-order valence-electron chi connectivity index (χ1n) is 9.93. The van der Waals surface area contributed by atoms with Crippen molar-refractivity contribution >= 4 is 8.32 Å². The molecule has 3 aliphatic heterocycles. The molecule has 1 N–H and O–H groups in total. The van der Waals surface area contributed by atoms with E-state index in [0.29, 0.717) is 12.3 Å². The standard InChI is InChI=1S/C19H30N2O7Si/c1-17(2,3)29(6,7)25-10-12-14-15(28-18(4,5)27-14)19(26-12)21-11(9-24-19)8-13(22)20-16(21)23/h8,12,14-15H,9-10H2,1-7H3,(H,20,22,23)/t12-,14-,15-,19+/m1/s1. The summed E-state index contributed by atoms with van der Waals surface area (Å²) in [5, 5.41) is 0.0435. The van der Waals surface area contributed by atoms with Gasteiger partial charge in [0.2, 0.25) is 0 Å². The summed E-state index contributed by atoms with van der Waals surface area (Å²) in [6, 6.07) is 1.34. The molecule has 0 aliphatic carbocycles. The Bertz CT molecular complexity index is 932. The lowest BCUT2D eigenvalue weighted by atomic mass is 10.1. The number of fused-ring (bicyclic) bond motifs is 4. The molecule has 2 fully saturated rings. The molecule has 0 aromatic carbocycles. The molecule has 10 heteroatoms. The number of aromatic amines is 1. The summed E-state index contributed by atoms with van der Waals surface area (Å²) in [7, 11) is -2.03. The highest BCUT2D eigenvalue weighted by Gasteiger charge is 2.67. The molecular weight excluding hydrogens is 396 g/mol. The number of rotatable bonds is 3. The van der Waals surface area contributed by atoms with Crippen LogP contribution in [-0.2, 0) is 35.9 Å². The van der Waals surface area contributed by atoms with E-state index in [9.17, 15) is 9.59 Å². The zero-order chi connectivity index (χ0) is 21.4. The van der Waals surface area contributed by atoms with Crippen LogP contribution in [0.25, 0.3) is 0 Å². The fourth-order valence-electron chi connectivity index (χ4n) is 3.86. The highest BCUT2D eigenvalue weighted by atomic mass is 28.4. The van der Waals surface area contributed by atoms with Gasteiger partial charge >= 0.3 is 5.69 Å². The number of aromatic nitrogens is 2. The van der Waals surface area contributed by atoms with E-state index < -0.39 is 49.6 Å². The van der Waals surface area contributed by atoms with Crippen molar-refractivity contribution in [1.82, 2.24) is 9.55 Å². The minimum absolute atomic E-state index is 0.0435. The van der Waals surface area contributed by atoms with E-state index in [2.05, 4.69) is 38.8 Å². The highest BCUT2D eigenvalue weighted by Crippen LogP contribution is 2.49. The van der Waals surface area contributed by atoms with Gasteiger partial charge in [-0.05, 0) is 32.0 Å². The van der Waals surface area contributed by atoms with Gasteiger partial charge < -0.3 is 23.4 Å². The molecule has 9 nitrogen and oxygen atoms in total. The fraction of sp³-hybridized carbons (Fsp3) is 0.789. The Morgan fingerprint density at radius 1 is 1.24 bits per heavy atom. The molecule has 0 saturated carbocycles. The predicted molar refractivity (Wildman–Crippen MR) is 106 cm³/mol. The van der Waals surface area contributed by atoms with Gasteiger partial charge in [-0.15, -0.1) is 0 Å². The molecule has 162 valence electrons. The molecular formula is C19H30N2O7Si. The van der Waals surface area contributed by atoms with E-state index in [1.165, 1.54) is 10.6 Å². The summed E-state index contributed by atoms with van der Waals surface area (Å²) in [5.41, 5.74) is -0.627. The molecule has 2 saturated heterocycles. The molecule has 29 heavy (non-hydrogen) atoms. The molecule has 0 bridgehead atoms. The minimum atomic E-state index is -2.03. The monoisotopic (exact) mass is 426 g/mol. The maximum absolute atomic E-state index is 12.6. The van der Waals surface area contributed by atoms with Crippen LogP contribution in [0.3, 0.4) is 0 Å². The largest absolute Gasteiger partial charge is 0.414 e.